The summed E-state index contributed by atoms with van der Waals surface area (Å²) in [4.78, 5) is 0. The van der Waals surface area contributed by atoms with Crippen LogP contribution in [0.3, 0.4) is 0 Å². The summed E-state index contributed by atoms with van der Waals surface area (Å²) in [6.45, 7) is 4.71. The zero-order valence-electron chi connectivity index (χ0n) is 11.2. The van der Waals surface area contributed by atoms with Gasteiger partial charge in [0.25, 0.3) is 0 Å². The quantitative estimate of drug-likeness (QED) is 0.713. The van der Waals surface area contributed by atoms with E-state index in [2.05, 4.69) is 53.4 Å². The summed E-state index contributed by atoms with van der Waals surface area (Å²) in [6.07, 6.45) is 3.86. The van der Waals surface area contributed by atoms with Crippen LogP contribution in [0.25, 0.3) is 10.8 Å². The van der Waals surface area contributed by atoms with Crippen LogP contribution in [0.1, 0.15) is 43.7 Å². The molecule has 0 aromatic heterocycles. The predicted molar refractivity (Wildman–Crippen MR) is 83.8 cm³/mol. The van der Waals surface area contributed by atoms with Crippen molar-refractivity contribution < 1.29 is 0 Å². The minimum Gasteiger partial charge on any atom is -0.105 e. The van der Waals surface area contributed by atoms with E-state index in [1.807, 2.05) is 0 Å². The highest BCUT2D eigenvalue weighted by molar-refractivity contribution is 7.28. The molecule has 0 saturated heterocycles. The molecule has 1 aliphatic carbocycles. The zero-order chi connectivity index (χ0) is 12.7. The lowest BCUT2D eigenvalue weighted by Gasteiger charge is -2.19. The van der Waals surface area contributed by atoms with Gasteiger partial charge in [0.1, 0.15) is 0 Å². The standard InChI is InChI=1S/C17H21P/c1-3-5-11(2)15-10-12-8-9-16(18)14-7-4-6-13(15)17(12)14/h4,6-9,11,15H,3,5,10,18H2,1-2H3. The van der Waals surface area contributed by atoms with E-state index < -0.39 is 0 Å². The monoisotopic (exact) mass is 256 g/mol. The number of rotatable bonds is 3. The third kappa shape index (κ3) is 1.79. The van der Waals surface area contributed by atoms with Crippen LogP contribution < -0.4 is 5.30 Å². The molecular formula is C17H21P. The smallest absolute Gasteiger partial charge is 0.00893 e. The molecule has 2 aromatic rings. The lowest BCUT2D eigenvalue weighted by atomic mass is 9.85. The van der Waals surface area contributed by atoms with Crippen molar-refractivity contribution in [3.8, 4) is 0 Å². The van der Waals surface area contributed by atoms with Gasteiger partial charge < -0.3 is 0 Å². The molecule has 0 aliphatic heterocycles. The summed E-state index contributed by atoms with van der Waals surface area (Å²) >= 11 is 0. The average molecular weight is 256 g/mol. The molecule has 0 N–H and O–H groups in total. The molecule has 94 valence electrons. The summed E-state index contributed by atoms with van der Waals surface area (Å²) in [5, 5.41) is 4.30. The van der Waals surface area contributed by atoms with Crippen LogP contribution in [0.2, 0.25) is 0 Å². The van der Waals surface area contributed by atoms with Gasteiger partial charge >= 0.3 is 0 Å². The molecular weight excluding hydrogens is 235 g/mol. The Hall–Kier alpha value is -0.870. The third-order valence-corrected chi connectivity index (χ3v) is 4.97. The van der Waals surface area contributed by atoms with Gasteiger partial charge in [-0.3, -0.25) is 0 Å². The first kappa shape index (κ1) is 12.2. The Kier molecular flexibility index (Phi) is 3.16. The summed E-state index contributed by atoms with van der Waals surface area (Å²) in [6, 6.07) is 11.4. The second-order valence-corrected chi connectivity index (χ2v) is 6.28. The Morgan fingerprint density at radius 2 is 2.11 bits per heavy atom. The lowest BCUT2D eigenvalue weighted by molar-refractivity contribution is 0.431. The van der Waals surface area contributed by atoms with E-state index in [9.17, 15) is 0 Å². The SMILES string of the molecule is CCCC(C)C1Cc2ccc(P)c3cccc1c23. The Morgan fingerprint density at radius 1 is 1.28 bits per heavy atom. The van der Waals surface area contributed by atoms with E-state index in [4.69, 9.17) is 0 Å². The van der Waals surface area contributed by atoms with Crippen molar-refractivity contribution in [2.45, 2.75) is 39.0 Å². The highest BCUT2D eigenvalue weighted by Crippen LogP contribution is 2.42. The minimum atomic E-state index is 0.732. The maximum atomic E-state index is 2.87. The van der Waals surface area contributed by atoms with Crippen LogP contribution in [0.15, 0.2) is 30.3 Å². The first-order valence-corrected chi connectivity index (χ1v) is 7.60. The Bertz CT molecular complexity index is 585. The van der Waals surface area contributed by atoms with Crippen molar-refractivity contribution in [2.75, 3.05) is 0 Å². The van der Waals surface area contributed by atoms with Crippen molar-refractivity contribution in [1.29, 1.82) is 0 Å². The van der Waals surface area contributed by atoms with Gasteiger partial charge in [0.15, 0.2) is 0 Å². The van der Waals surface area contributed by atoms with E-state index in [0.717, 1.165) is 11.8 Å². The van der Waals surface area contributed by atoms with Crippen molar-refractivity contribution in [3.63, 3.8) is 0 Å². The Morgan fingerprint density at radius 3 is 2.89 bits per heavy atom. The molecule has 0 saturated carbocycles. The topological polar surface area (TPSA) is 0 Å². The van der Waals surface area contributed by atoms with E-state index >= 15 is 0 Å². The molecule has 3 rings (SSSR count). The van der Waals surface area contributed by atoms with Gasteiger partial charge in [0.2, 0.25) is 0 Å². The highest BCUT2D eigenvalue weighted by Gasteiger charge is 2.28. The summed E-state index contributed by atoms with van der Waals surface area (Å²) in [5.41, 5.74) is 3.15. The van der Waals surface area contributed by atoms with E-state index in [-0.39, 0.29) is 0 Å². The molecule has 3 unspecified atom stereocenters. The van der Waals surface area contributed by atoms with Gasteiger partial charge in [-0.05, 0) is 45.5 Å². The first-order valence-electron chi connectivity index (χ1n) is 7.02. The molecule has 2 aromatic carbocycles. The van der Waals surface area contributed by atoms with Crippen LogP contribution in [0, 0.1) is 5.92 Å². The predicted octanol–water partition coefficient (Wildman–Crippen LogP) is 4.42. The van der Waals surface area contributed by atoms with Gasteiger partial charge in [-0.1, -0.05) is 57.0 Å². The van der Waals surface area contributed by atoms with Gasteiger partial charge in [-0.25, -0.2) is 0 Å². The Balaban J connectivity index is 2.14. The molecule has 1 heteroatoms. The largest absolute Gasteiger partial charge is 0.105 e. The number of benzene rings is 2. The molecule has 18 heavy (non-hydrogen) atoms. The van der Waals surface area contributed by atoms with Gasteiger partial charge in [-0.15, -0.1) is 9.24 Å². The number of hydrogen-bond donors (Lipinski definition) is 0. The molecule has 0 fully saturated rings. The summed E-state index contributed by atoms with van der Waals surface area (Å²) < 4.78 is 0. The van der Waals surface area contributed by atoms with Gasteiger partial charge in [0, 0.05) is 0 Å². The molecule has 3 atom stereocenters. The van der Waals surface area contributed by atoms with Crippen molar-refractivity contribution in [3.05, 3.63) is 41.5 Å². The molecule has 0 amide bonds. The Labute approximate surface area is 112 Å². The first-order chi connectivity index (χ1) is 8.72. The fourth-order valence-corrected chi connectivity index (χ4v) is 3.86. The average Bonchev–Trinajstić information content (AvgIpc) is 2.75. The molecule has 0 spiro atoms. The van der Waals surface area contributed by atoms with Gasteiger partial charge in [-0.2, -0.15) is 0 Å². The molecule has 1 aliphatic rings. The maximum absolute atomic E-state index is 2.87. The fourth-order valence-electron chi connectivity index (χ4n) is 3.52. The summed E-state index contributed by atoms with van der Waals surface area (Å²) in [7, 11) is 2.87. The second kappa shape index (κ2) is 4.67. The zero-order valence-corrected chi connectivity index (χ0v) is 12.4. The van der Waals surface area contributed by atoms with Crippen molar-refractivity contribution in [1.82, 2.24) is 0 Å². The normalized spacial score (nSPS) is 19.4. The van der Waals surface area contributed by atoms with E-state index in [1.165, 1.54) is 35.3 Å². The van der Waals surface area contributed by atoms with Crippen molar-refractivity contribution in [2.24, 2.45) is 5.92 Å². The lowest BCUT2D eigenvalue weighted by Crippen LogP contribution is -2.08. The van der Waals surface area contributed by atoms with E-state index in [1.54, 1.807) is 11.1 Å². The molecule has 0 heterocycles. The second-order valence-electron chi connectivity index (χ2n) is 5.66. The third-order valence-electron chi connectivity index (χ3n) is 4.46. The number of hydrogen-bond acceptors (Lipinski definition) is 0. The van der Waals surface area contributed by atoms with Crippen LogP contribution in [0.5, 0.6) is 0 Å². The van der Waals surface area contributed by atoms with Crippen LogP contribution in [-0.4, -0.2) is 0 Å². The molecule has 0 bridgehead atoms. The van der Waals surface area contributed by atoms with Crippen LogP contribution >= 0.6 is 9.24 Å². The van der Waals surface area contributed by atoms with Crippen LogP contribution in [-0.2, 0) is 6.42 Å². The maximum Gasteiger partial charge on any atom is -0.00893 e. The van der Waals surface area contributed by atoms with Crippen LogP contribution in [0.4, 0.5) is 0 Å². The molecule has 0 radical (unpaired) electrons. The minimum absolute atomic E-state index is 0.732. The van der Waals surface area contributed by atoms with Gasteiger partial charge in [0.05, 0.1) is 0 Å². The highest BCUT2D eigenvalue weighted by atomic mass is 31.0. The van der Waals surface area contributed by atoms with Crippen molar-refractivity contribution >= 4 is 25.3 Å². The van der Waals surface area contributed by atoms with E-state index in [0.29, 0.717) is 0 Å². The molecule has 0 nitrogen and oxygen atoms in total. The summed E-state index contributed by atoms with van der Waals surface area (Å²) in [5.74, 6) is 1.52. The fraction of sp³-hybridized carbons (Fsp3) is 0.412.